The zero-order valence-corrected chi connectivity index (χ0v) is 24.5. The van der Waals surface area contributed by atoms with E-state index in [9.17, 15) is 14.7 Å². The molecule has 1 aromatic carbocycles. The number of ether oxygens (including phenoxy) is 1. The summed E-state index contributed by atoms with van der Waals surface area (Å²) >= 11 is 1.55. The molecule has 5 rings (SSSR count). The van der Waals surface area contributed by atoms with Gasteiger partial charge in [0.15, 0.2) is 0 Å². The number of likely N-dealkylation sites (N-methyl/N-ethyl adjacent to an activating group) is 1. The van der Waals surface area contributed by atoms with Crippen LogP contribution in [-0.2, 0) is 19.9 Å². The summed E-state index contributed by atoms with van der Waals surface area (Å²) in [7, 11) is 1.74. The Morgan fingerprint density at radius 1 is 1.18 bits per heavy atom. The number of fused-ring (bicyclic) bond motifs is 1. The van der Waals surface area contributed by atoms with Crippen LogP contribution >= 0.6 is 11.3 Å². The third kappa shape index (κ3) is 5.90. The molecular weight excluding hydrogens is 526 g/mol. The summed E-state index contributed by atoms with van der Waals surface area (Å²) in [5, 5.41) is 20.6. The van der Waals surface area contributed by atoms with Gasteiger partial charge in [-0.2, -0.15) is 0 Å². The van der Waals surface area contributed by atoms with Gasteiger partial charge in [-0.25, -0.2) is 9.97 Å². The van der Waals surface area contributed by atoms with Crippen LogP contribution in [0.4, 0.5) is 0 Å². The van der Waals surface area contributed by atoms with Gasteiger partial charge in [-0.3, -0.25) is 9.59 Å². The van der Waals surface area contributed by atoms with Crippen LogP contribution < -0.4 is 10.6 Å². The van der Waals surface area contributed by atoms with Crippen LogP contribution in [0.25, 0.3) is 22.2 Å². The van der Waals surface area contributed by atoms with Crippen LogP contribution in [0.2, 0.25) is 0 Å². The highest BCUT2D eigenvalue weighted by Crippen LogP contribution is 2.39. The summed E-state index contributed by atoms with van der Waals surface area (Å²) in [6, 6.07) is 8.66. The molecule has 2 aliphatic heterocycles. The number of nitrogens with one attached hydrogen (secondary N) is 2. The largest absolute Gasteiger partial charge is 0.384 e. The lowest BCUT2D eigenvalue weighted by atomic mass is 9.90. The molecule has 2 aromatic heterocycles. The molecule has 0 bridgehead atoms. The molecular formula is C30H39N5O4S. The molecule has 2 saturated heterocycles. The molecule has 0 aliphatic carbocycles. The van der Waals surface area contributed by atoms with Crippen LogP contribution in [-0.4, -0.2) is 70.7 Å². The van der Waals surface area contributed by atoms with Gasteiger partial charge in [-0.1, -0.05) is 18.2 Å². The van der Waals surface area contributed by atoms with Crippen molar-refractivity contribution in [3.8, 4) is 11.3 Å². The van der Waals surface area contributed by atoms with Gasteiger partial charge in [-0.05, 0) is 71.6 Å². The number of thiazole rings is 1. The molecule has 4 heterocycles. The minimum absolute atomic E-state index is 0.0332. The van der Waals surface area contributed by atoms with E-state index in [2.05, 4.69) is 15.6 Å². The summed E-state index contributed by atoms with van der Waals surface area (Å²) in [6.07, 6.45) is 3.19. The van der Waals surface area contributed by atoms with Crippen molar-refractivity contribution in [1.82, 2.24) is 25.5 Å². The quantitative estimate of drug-likeness (QED) is 0.381. The average Bonchev–Trinajstić information content (AvgIpc) is 3.64. The van der Waals surface area contributed by atoms with E-state index >= 15 is 0 Å². The smallest absolute Gasteiger partial charge is 0.246 e. The Kier molecular flexibility index (Phi) is 8.51. The zero-order valence-electron chi connectivity index (χ0n) is 23.6. The molecule has 10 heteroatoms. The molecule has 40 heavy (non-hydrogen) atoms. The first-order chi connectivity index (χ1) is 19.2. The minimum Gasteiger partial charge on any atom is -0.384 e. The van der Waals surface area contributed by atoms with E-state index in [0.29, 0.717) is 25.5 Å². The SMILES string of the molecule is CN[C@@H](C)C(=O)N[C@H](C(=O)N1CCC[C@H]1c1nc(-c2cc(C(C)(C)O)nc3ccccc23)cs1)C1CCOCC1. The Morgan fingerprint density at radius 2 is 1.93 bits per heavy atom. The number of carbonyl (C=O) groups excluding carboxylic acids is 2. The minimum atomic E-state index is -1.10. The Morgan fingerprint density at radius 3 is 2.65 bits per heavy atom. The summed E-state index contributed by atoms with van der Waals surface area (Å²) in [5.74, 6) is -0.181. The van der Waals surface area contributed by atoms with Gasteiger partial charge in [0, 0.05) is 36.1 Å². The number of aromatic nitrogens is 2. The number of hydrogen-bond donors (Lipinski definition) is 3. The Balaban J connectivity index is 1.44. The van der Waals surface area contributed by atoms with Gasteiger partial charge < -0.3 is 25.4 Å². The number of benzene rings is 1. The second-order valence-corrected chi connectivity index (χ2v) is 12.2. The second kappa shape index (κ2) is 11.9. The van der Waals surface area contributed by atoms with E-state index in [0.717, 1.165) is 52.9 Å². The van der Waals surface area contributed by atoms with E-state index in [1.165, 1.54) is 0 Å². The van der Waals surface area contributed by atoms with Gasteiger partial charge in [0.1, 0.15) is 16.7 Å². The second-order valence-electron chi connectivity index (χ2n) is 11.3. The lowest BCUT2D eigenvalue weighted by molar-refractivity contribution is -0.140. The first kappa shape index (κ1) is 28.6. The van der Waals surface area contributed by atoms with Gasteiger partial charge in [0.25, 0.3) is 0 Å². The normalized spacial score (nSPS) is 20.0. The highest BCUT2D eigenvalue weighted by atomic mass is 32.1. The van der Waals surface area contributed by atoms with Crippen molar-refractivity contribution in [3.63, 3.8) is 0 Å². The highest BCUT2D eigenvalue weighted by Gasteiger charge is 2.40. The lowest BCUT2D eigenvalue weighted by Crippen LogP contribution is -2.56. The summed E-state index contributed by atoms with van der Waals surface area (Å²) in [5.41, 5.74) is 2.00. The van der Waals surface area contributed by atoms with Gasteiger partial charge in [0.2, 0.25) is 11.8 Å². The summed E-state index contributed by atoms with van der Waals surface area (Å²) in [6.45, 7) is 7.08. The Bertz CT molecular complexity index is 1360. The van der Waals surface area contributed by atoms with Crippen molar-refractivity contribution in [2.24, 2.45) is 5.92 Å². The van der Waals surface area contributed by atoms with Crippen LogP contribution in [0.1, 0.15) is 63.2 Å². The zero-order chi connectivity index (χ0) is 28.4. The Labute approximate surface area is 239 Å². The van der Waals surface area contributed by atoms with E-state index < -0.39 is 17.7 Å². The maximum atomic E-state index is 14.1. The third-order valence-electron chi connectivity index (χ3n) is 8.09. The third-order valence-corrected chi connectivity index (χ3v) is 9.04. The number of rotatable bonds is 8. The summed E-state index contributed by atoms with van der Waals surface area (Å²) < 4.78 is 5.55. The number of amides is 2. The average molecular weight is 566 g/mol. The fourth-order valence-electron chi connectivity index (χ4n) is 5.57. The maximum Gasteiger partial charge on any atom is 0.246 e. The molecule has 0 saturated carbocycles. The number of pyridine rings is 1. The number of hydrogen-bond acceptors (Lipinski definition) is 8. The Hall–Kier alpha value is -2.92. The number of aliphatic hydroxyl groups is 1. The van der Waals surface area contributed by atoms with Crippen LogP contribution in [0.3, 0.4) is 0 Å². The standard InChI is InChI=1S/C30H39N5O4S/c1-18(31-4)27(36)34-26(19-11-14-39-15-12-19)29(37)35-13-7-10-24(35)28-33-23(17-40-28)21-16-25(30(2,3)38)32-22-9-6-5-8-20(21)22/h5-6,8-9,16-19,24,26,31,38H,7,10-15H2,1-4H3,(H,34,36)/t18-,24-,26-/m0/s1. The lowest BCUT2D eigenvalue weighted by Gasteiger charge is -2.35. The molecule has 2 amide bonds. The molecule has 3 aromatic rings. The van der Waals surface area contributed by atoms with Crippen LogP contribution in [0.15, 0.2) is 35.7 Å². The highest BCUT2D eigenvalue weighted by molar-refractivity contribution is 7.10. The topological polar surface area (TPSA) is 117 Å². The maximum absolute atomic E-state index is 14.1. The van der Waals surface area contributed by atoms with Crippen molar-refractivity contribution in [2.75, 3.05) is 26.8 Å². The number of likely N-dealkylation sites (tertiary alicyclic amines) is 1. The fraction of sp³-hybridized carbons (Fsp3) is 0.533. The molecule has 0 spiro atoms. The van der Waals surface area contributed by atoms with E-state index in [-0.39, 0.29) is 23.8 Å². The van der Waals surface area contributed by atoms with Crippen molar-refractivity contribution in [3.05, 3.63) is 46.4 Å². The van der Waals surface area contributed by atoms with Crippen molar-refractivity contribution >= 4 is 34.1 Å². The predicted molar refractivity (Wildman–Crippen MR) is 156 cm³/mol. The summed E-state index contributed by atoms with van der Waals surface area (Å²) in [4.78, 5) is 38.6. The van der Waals surface area contributed by atoms with Gasteiger partial charge >= 0.3 is 0 Å². The van der Waals surface area contributed by atoms with E-state index in [1.54, 1.807) is 39.2 Å². The van der Waals surface area contributed by atoms with Crippen LogP contribution in [0, 0.1) is 5.92 Å². The molecule has 2 fully saturated rings. The molecule has 0 unspecified atom stereocenters. The van der Waals surface area contributed by atoms with Crippen LogP contribution in [0.5, 0.6) is 0 Å². The predicted octanol–water partition coefficient (Wildman–Crippen LogP) is 3.77. The monoisotopic (exact) mass is 565 g/mol. The van der Waals surface area contributed by atoms with Crippen molar-refractivity contribution < 1.29 is 19.4 Å². The molecule has 0 radical (unpaired) electrons. The molecule has 3 atom stereocenters. The first-order valence-electron chi connectivity index (χ1n) is 14.1. The molecule has 3 N–H and O–H groups in total. The van der Waals surface area contributed by atoms with Crippen molar-refractivity contribution in [1.29, 1.82) is 0 Å². The number of para-hydroxylation sites is 1. The first-order valence-corrected chi connectivity index (χ1v) is 15.0. The number of nitrogens with zero attached hydrogens (tertiary/aromatic N) is 3. The van der Waals surface area contributed by atoms with Gasteiger partial charge in [-0.15, -0.1) is 11.3 Å². The molecule has 214 valence electrons. The van der Waals surface area contributed by atoms with Crippen molar-refractivity contribution in [2.45, 2.75) is 70.2 Å². The van der Waals surface area contributed by atoms with E-state index in [1.807, 2.05) is 40.6 Å². The fourth-order valence-corrected chi connectivity index (χ4v) is 6.54. The molecule has 9 nitrogen and oxygen atoms in total. The van der Waals surface area contributed by atoms with E-state index in [4.69, 9.17) is 9.72 Å². The van der Waals surface area contributed by atoms with Gasteiger partial charge in [0.05, 0.1) is 29.0 Å². The molecule has 2 aliphatic rings. The number of carbonyl (C=O) groups is 2.